The van der Waals surface area contributed by atoms with Crippen LogP contribution in [-0.2, 0) is 10.0 Å². The van der Waals surface area contributed by atoms with E-state index in [4.69, 9.17) is 27.9 Å². The van der Waals surface area contributed by atoms with Gasteiger partial charge in [-0.15, -0.1) is 0 Å². The number of hydrogen-bond donors (Lipinski definition) is 1. The maximum atomic E-state index is 13.0. The molecule has 2 aromatic rings. The Hall–Kier alpha value is -1.80. The molecule has 0 radical (unpaired) electrons. The fraction of sp³-hybridized carbons (Fsp3) is 0.381. The minimum Gasteiger partial charge on any atom is -0.494 e. The summed E-state index contributed by atoms with van der Waals surface area (Å²) < 4.78 is 32.8. The van der Waals surface area contributed by atoms with Crippen LogP contribution in [0.5, 0.6) is 5.75 Å². The van der Waals surface area contributed by atoms with Crippen molar-refractivity contribution in [3.8, 4) is 5.75 Å². The molecule has 2 aromatic carbocycles. The summed E-state index contributed by atoms with van der Waals surface area (Å²) in [6.45, 7) is 2.55. The lowest BCUT2D eigenvalue weighted by Crippen LogP contribution is -2.43. The predicted octanol–water partition coefficient (Wildman–Crippen LogP) is 5.21. The molecule has 30 heavy (non-hydrogen) atoms. The van der Waals surface area contributed by atoms with Crippen molar-refractivity contribution in [2.75, 3.05) is 19.0 Å². The quantitative estimate of drug-likeness (QED) is 0.628. The third-order valence-corrected chi connectivity index (χ3v) is 7.76. The molecule has 1 heterocycles. The number of carbonyl (C=O) groups excluding carboxylic acids is 1. The SMILES string of the molecule is CCC1CCCCN1S(=O)(=O)c1ccc(NC(=O)c2cc(Cl)c(OC)c(Cl)c2)cc1. The smallest absolute Gasteiger partial charge is 0.255 e. The van der Waals surface area contributed by atoms with Gasteiger partial charge >= 0.3 is 0 Å². The number of nitrogens with zero attached hydrogens (tertiary/aromatic N) is 1. The lowest BCUT2D eigenvalue weighted by atomic mass is 10.0. The number of piperidine rings is 1. The summed E-state index contributed by atoms with van der Waals surface area (Å²) in [6.07, 6.45) is 3.60. The van der Waals surface area contributed by atoms with Crippen molar-refractivity contribution in [1.82, 2.24) is 4.31 Å². The Morgan fingerprint density at radius 2 is 1.80 bits per heavy atom. The van der Waals surface area contributed by atoms with Crippen molar-refractivity contribution >= 4 is 44.8 Å². The van der Waals surface area contributed by atoms with Gasteiger partial charge in [-0.1, -0.05) is 36.5 Å². The molecule has 1 fully saturated rings. The van der Waals surface area contributed by atoms with E-state index < -0.39 is 15.9 Å². The lowest BCUT2D eigenvalue weighted by molar-refractivity contribution is 0.102. The number of benzene rings is 2. The van der Waals surface area contributed by atoms with E-state index >= 15 is 0 Å². The van der Waals surface area contributed by atoms with Crippen molar-refractivity contribution in [3.63, 3.8) is 0 Å². The first-order valence-electron chi connectivity index (χ1n) is 9.74. The van der Waals surface area contributed by atoms with Crippen LogP contribution < -0.4 is 10.1 Å². The summed E-state index contributed by atoms with van der Waals surface area (Å²) in [4.78, 5) is 12.8. The monoisotopic (exact) mass is 470 g/mol. The Morgan fingerprint density at radius 3 is 2.37 bits per heavy atom. The van der Waals surface area contributed by atoms with Gasteiger partial charge in [-0.05, 0) is 55.7 Å². The Morgan fingerprint density at radius 1 is 1.17 bits per heavy atom. The van der Waals surface area contributed by atoms with Crippen LogP contribution in [-0.4, -0.2) is 38.3 Å². The fourth-order valence-electron chi connectivity index (χ4n) is 3.63. The van der Waals surface area contributed by atoms with E-state index in [1.54, 1.807) is 16.4 Å². The second kappa shape index (κ2) is 9.56. The van der Waals surface area contributed by atoms with Crippen LogP contribution in [0.15, 0.2) is 41.3 Å². The highest BCUT2D eigenvalue weighted by Crippen LogP contribution is 2.34. The van der Waals surface area contributed by atoms with E-state index in [0.29, 0.717) is 18.0 Å². The normalized spacial score (nSPS) is 17.5. The second-order valence-electron chi connectivity index (χ2n) is 7.13. The van der Waals surface area contributed by atoms with Gasteiger partial charge < -0.3 is 10.1 Å². The lowest BCUT2D eigenvalue weighted by Gasteiger charge is -2.34. The van der Waals surface area contributed by atoms with E-state index in [-0.39, 0.29) is 26.5 Å². The highest BCUT2D eigenvalue weighted by Gasteiger charge is 2.32. The van der Waals surface area contributed by atoms with Gasteiger partial charge in [-0.3, -0.25) is 4.79 Å². The van der Waals surface area contributed by atoms with E-state index in [9.17, 15) is 13.2 Å². The molecule has 0 aromatic heterocycles. The fourth-order valence-corrected chi connectivity index (χ4v) is 6.04. The molecule has 162 valence electrons. The highest BCUT2D eigenvalue weighted by molar-refractivity contribution is 7.89. The number of amides is 1. The van der Waals surface area contributed by atoms with Crippen molar-refractivity contribution in [2.24, 2.45) is 0 Å². The van der Waals surface area contributed by atoms with Crippen LogP contribution in [0, 0.1) is 0 Å². The summed E-state index contributed by atoms with van der Waals surface area (Å²) in [5.74, 6) is -0.119. The summed E-state index contributed by atoms with van der Waals surface area (Å²) in [6, 6.07) is 9.13. The van der Waals surface area contributed by atoms with E-state index in [1.165, 1.54) is 31.4 Å². The maximum absolute atomic E-state index is 13.0. The zero-order valence-electron chi connectivity index (χ0n) is 16.8. The molecule has 1 aliphatic heterocycles. The van der Waals surface area contributed by atoms with Crippen molar-refractivity contribution in [3.05, 3.63) is 52.0 Å². The number of halogens is 2. The molecule has 1 N–H and O–H groups in total. The zero-order valence-corrected chi connectivity index (χ0v) is 19.1. The molecule has 3 rings (SSSR count). The molecule has 0 aliphatic carbocycles. The number of hydrogen-bond acceptors (Lipinski definition) is 4. The molecule has 1 amide bonds. The minimum absolute atomic E-state index is 0.0349. The van der Waals surface area contributed by atoms with Gasteiger partial charge in [0.25, 0.3) is 5.91 Å². The number of sulfonamides is 1. The minimum atomic E-state index is -3.57. The van der Waals surface area contributed by atoms with Gasteiger partial charge in [-0.25, -0.2) is 8.42 Å². The Bertz CT molecular complexity index is 1000. The number of rotatable bonds is 6. The summed E-state index contributed by atoms with van der Waals surface area (Å²) in [5, 5.41) is 3.17. The Kier molecular flexibility index (Phi) is 7.29. The molecule has 1 unspecified atom stereocenters. The molecule has 6 nitrogen and oxygen atoms in total. The average Bonchev–Trinajstić information content (AvgIpc) is 2.73. The molecule has 9 heteroatoms. The van der Waals surface area contributed by atoms with Crippen LogP contribution in [0.2, 0.25) is 10.0 Å². The maximum Gasteiger partial charge on any atom is 0.255 e. The first-order valence-corrected chi connectivity index (χ1v) is 11.9. The number of nitrogens with one attached hydrogen (secondary N) is 1. The summed E-state index contributed by atoms with van der Waals surface area (Å²) >= 11 is 12.2. The van der Waals surface area contributed by atoms with Crippen LogP contribution in [0.1, 0.15) is 43.0 Å². The largest absolute Gasteiger partial charge is 0.494 e. The van der Waals surface area contributed by atoms with E-state index in [2.05, 4.69) is 5.32 Å². The molecule has 1 saturated heterocycles. The number of methoxy groups -OCH3 is 1. The molecule has 1 aliphatic rings. The summed E-state index contributed by atoms with van der Waals surface area (Å²) in [5.41, 5.74) is 0.731. The standard InChI is InChI=1S/C21H24Cl2N2O4S/c1-3-16-6-4-5-11-25(16)30(27,28)17-9-7-15(8-10-17)24-21(26)14-12-18(22)20(29-2)19(23)13-14/h7-10,12-13,16H,3-6,11H2,1-2H3,(H,24,26). The highest BCUT2D eigenvalue weighted by atomic mass is 35.5. The van der Waals surface area contributed by atoms with Gasteiger partial charge in [0.15, 0.2) is 5.75 Å². The van der Waals surface area contributed by atoms with Crippen LogP contribution in [0.4, 0.5) is 5.69 Å². The molecular formula is C21H24Cl2N2O4S. The van der Waals surface area contributed by atoms with Crippen LogP contribution in [0.3, 0.4) is 0 Å². The first-order chi connectivity index (χ1) is 14.3. The Balaban J connectivity index is 1.77. The van der Waals surface area contributed by atoms with Crippen molar-refractivity contribution < 1.29 is 17.9 Å². The third kappa shape index (κ3) is 4.75. The number of ether oxygens (including phenoxy) is 1. The molecule has 1 atom stereocenters. The van der Waals surface area contributed by atoms with Crippen molar-refractivity contribution in [2.45, 2.75) is 43.5 Å². The predicted molar refractivity (Wildman–Crippen MR) is 119 cm³/mol. The third-order valence-electron chi connectivity index (χ3n) is 5.23. The molecule has 0 spiro atoms. The van der Waals surface area contributed by atoms with Gasteiger partial charge in [0, 0.05) is 23.8 Å². The van der Waals surface area contributed by atoms with Gasteiger partial charge in [0.05, 0.1) is 22.1 Å². The Labute approximate surface area is 187 Å². The number of carbonyl (C=O) groups is 1. The number of anilines is 1. The average molecular weight is 471 g/mol. The zero-order chi connectivity index (χ0) is 21.9. The van der Waals surface area contributed by atoms with Crippen molar-refractivity contribution in [1.29, 1.82) is 0 Å². The van der Waals surface area contributed by atoms with Gasteiger partial charge in [-0.2, -0.15) is 4.31 Å². The summed E-state index contributed by atoms with van der Waals surface area (Å²) in [7, 11) is -2.13. The van der Waals surface area contributed by atoms with Crippen LogP contribution >= 0.6 is 23.2 Å². The van der Waals surface area contributed by atoms with Crippen LogP contribution in [0.25, 0.3) is 0 Å². The second-order valence-corrected chi connectivity index (χ2v) is 9.83. The van der Waals surface area contributed by atoms with Gasteiger partial charge in [0.1, 0.15) is 0 Å². The van der Waals surface area contributed by atoms with Gasteiger partial charge in [0.2, 0.25) is 10.0 Å². The first kappa shape index (κ1) is 22.9. The van der Waals surface area contributed by atoms with E-state index in [0.717, 1.165) is 25.7 Å². The molecule has 0 bridgehead atoms. The molecular weight excluding hydrogens is 447 g/mol. The van der Waals surface area contributed by atoms with E-state index in [1.807, 2.05) is 6.92 Å². The molecule has 0 saturated carbocycles. The topological polar surface area (TPSA) is 75.7 Å².